The summed E-state index contributed by atoms with van der Waals surface area (Å²) in [7, 11) is 0. The molecule has 0 spiro atoms. The Morgan fingerprint density at radius 3 is 2.65 bits per heavy atom. The van der Waals surface area contributed by atoms with Crippen LogP contribution >= 0.6 is 0 Å². The number of rotatable bonds is 6. The van der Waals surface area contributed by atoms with E-state index in [0.29, 0.717) is 18.6 Å². The van der Waals surface area contributed by atoms with Crippen molar-refractivity contribution in [1.29, 1.82) is 0 Å². The van der Waals surface area contributed by atoms with E-state index >= 15 is 0 Å². The Hall–Kier alpha value is -3.87. The van der Waals surface area contributed by atoms with Gasteiger partial charge in [0.25, 0.3) is 5.91 Å². The van der Waals surface area contributed by atoms with E-state index in [4.69, 9.17) is 9.52 Å². The van der Waals surface area contributed by atoms with E-state index in [1.165, 1.54) is 10.6 Å². The van der Waals surface area contributed by atoms with Crippen LogP contribution in [0.25, 0.3) is 0 Å². The predicted octanol–water partition coefficient (Wildman–Crippen LogP) is 4.81. The highest BCUT2D eigenvalue weighted by Gasteiger charge is 2.34. The Morgan fingerprint density at radius 1 is 1.12 bits per heavy atom. The van der Waals surface area contributed by atoms with Crippen molar-refractivity contribution in [3.8, 4) is 0 Å². The second-order valence-corrected chi connectivity index (χ2v) is 8.84. The first-order valence-electron chi connectivity index (χ1n) is 11.6. The molecule has 1 N–H and O–H groups in total. The summed E-state index contributed by atoms with van der Waals surface area (Å²) < 4.78 is 5.64. The fourth-order valence-electron chi connectivity index (χ4n) is 4.63. The Kier molecular flexibility index (Phi) is 5.92. The van der Waals surface area contributed by atoms with Gasteiger partial charge in [-0.2, -0.15) is 5.10 Å². The first-order valence-corrected chi connectivity index (χ1v) is 11.6. The highest BCUT2D eigenvalue weighted by molar-refractivity contribution is 6.03. The van der Waals surface area contributed by atoms with Gasteiger partial charge in [0.05, 0.1) is 18.5 Å². The van der Waals surface area contributed by atoms with Crippen LogP contribution in [-0.4, -0.2) is 35.6 Å². The number of amides is 2. The van der Waals surface area contributed by atoms with E-state index in [1.54, 1.807) is 6.26 Å². The maximum Gasteiger partial charge on any atom is 0.262 e. The number of hydrogen-bond donors (Lipinski definition) is 1. The molecule has 34 heavy (non-hydrogen) atoms. The van der Waals surface area contributed by atoms with Gasteiger partial charge in [0.15, 0.2) is 0 Å². The molecule has 2 aromatic carbocycles. The highest BCUT2D eigenvalue weighted by Crippen LogP contribution is 2.34. The number of carbonyl (C=O) groups excluding carboxylic acids is 2. The number of hydrogen-bond acceptors (Lipinski definition) is 5. The molecule has 7 nitrogen and oxygen atoms in total. The zero-order chi connectivity index (χ0) is 23.7. The monoisotopic (exact) mass is 456 g/mol. The van der Waals surface area contributed by atoms with Crippen molar-refractivity contribution in [3.63, 3.8) is 0 Å². The summed E-state index contributed by atoms with van der Waals surface area (Å²) in [5.41, 5.74) is 5.73. The van der Waals surface area contributed by atoms with Gasteiger partial charge in [0, 0.05) is 30.8 Å². The lowest BCUT2D eigenvalue weighted by molar-refractivity contribution is -0.131. The quantitative estimate of drug-likeness (QED) is 0.577. The summed E-state index contributed by atoms with van der Waals surface area (Å²) in [6, 6.07) is 17.4. The molecule has 3 aromatic rings. The summed E-state index contributed by atoms with van der Waals surface area (Å²) in [5, 5.41) is 9.50. The lowest BCUT2D eigenvalue weighted by atomic mass is 10.0. The Morgan fingerprint density at radius 2 is 1.94 bits per heavy atom. The lowest BCUT2D eigenvalue weighted by Gasteiger charge is -2.22. The van der Waals surface area contributed by atoms with E-state index in [1.807, 2.05) is 73.3 Å². The standard InChI is InChI=1S/C27H28N4O3/c1-18-10-12-20(13-11-18)22-16-24(25-8-5-15-34-25)31(29-22)27(33)17-28-21-6-3-7-23(19(21)2)30-14-4-9-26(30)32/h3,5-8,10-13,15,24,28H,4,9,14,16-17H2,1-2H3. The summed E-state index contributed by atoms with van der Waals surface area (Å²) in [5.74, 6) is 0.711. The fraction of sp³-hybridized carbons (Fsp3) is 0.296. The first-order chi connectivity index (χ1) is 16.5. The normalized spacial score (nSPS) is 17.9. The molecule has 5 rings (SSSR count). The Bertz CT molecular complexity index is 1230. The van der Waals surface area contributed by atoms with Crippen molar-refractivity contribution < 1.29 is 14.0 Å². The maximum atomic E-state index is 13.3. The minimum absolute atomic E-state index is 0.0835. The van der Waals surface area contributed by atoms with E-state index in [0.717, 1.165) is 41.2 Å². The molecule has 1 saturated heterocycles. The molecule has 174 valence electrons. The van der Waals surface area contributed by atoms with Crippen molar-refractivity contribution in [2.24, 2.45) is 5.10 Å². The molecule has 1 atom stereocenters. The number of furan rings is 1. The minimum atomic E-state index is -0.282. The average Bonchev–Trinajstić information content (AvgIpc) is 3.59. The van der Waals surface area contributed by atoms with E-state index in [2.05, 4.69) is 5.32 Å². The molecule has 0 bridgehead atoms. The van der Waals surface area contributed by atoms with Gasteiger partial charge in [0.2, 0.25) is 5.91 Å². The van der Waals surface area contributed by atoms with Crippen LogP contribution in [0.3, 0.4) is 0 Å². The molecule has 0 radical (unpaired) electrons. The van der Waals surface area contributed by atoms with Gasteiger partial charge in [-0.25, -0.2) is 5.01 Å². The second kappa shape index (κ2) is 9.17. The zero-order valence-electron chi connectivity index (χ0n) is 19.5. The number of benzene rings is 2. The molecule has 3 heterocycles. The van der Waals surface area contributed by atoms with Crippen LogP contribution in [0.4, 0.5) is 11.4 Å². The number of hydrazone groups is 1. The smallest absolute Gasteiger partial charge is 0.262 e. The van der Waals surface area contributed by atoms with Crippen molar-refractivity contribution in [3.05, 3.63) is 83.3 Å². The molecule has 0 saturated carbocycles. The minimum Gasteiger partial charge on any atom is -0.467 e. The van der Waals surface area contributed by atoms with Gasteiger partial charge in [-0.15, -0.1) is 0 Å². The van der Waals surface area contributed by atoms with Crippen LogP contribution in [0.1, 0.15) is 47.8 Å². The highest BCUT2D eigenvalue weighted by atomic mass is 16.3. The third kappa shape index (κ3) is 4.21. The molecule has 0 aliphatic carbocycles. The third-order valence-corrected chi connectivity index (χ3v) is 6.52. The molecule has 1 unspecified atom stereocenters. The van der Waals surface area contributed by atoms with Crippen LogP contribution in [0.15, 0.2) is 70.4 Å². The lowest BCUT2D eigenvalue weighted by Crippen LogP contribution is -2.32. The van der Waals surface area contributed by atoms with Crippen molar-refractivity contribution in [2.45, 2.75) is 39.2 Å². The zero-order valence-corrected chi connectivity index (χ0v) is 19.5. The van der Waals surface area contributed by atoms with E-state index in [-0.39, 0.29) is 24.4 Å². The van der Waals surface area contributed by atoms with Gasteiger partial charge in [-0.3, -0.25) is 9.59 Å². The van der Waals surface area contributed by atoms with Crippen LogP contribution in [-0.2, 0) is 9.59 Å². The van der Waals surface area contributed by atoms with Gasteiger partial charge in [-0.05, 0) is 55.7 Å². The van der Waals surface area contributed by atoms with Crippen LogP contribution in [0.2, 0.25) is 0 Å². The van der Waals surface area contributed by atoms with Crippen molar-refractivity contribution in [1.82, 2.24) is 5.01 Å². The number of aryl methyl sites for hydroxylation is 1. The molecule has 7 heteroatoms. The molecular formula is C27H28N4O3. The van der Waals surface area contributed by atoms with Crippen LogP contribution in [0, 0.1) is 13.8 Å². The van der Waals surface area contributed by atoms with Crippen molar-refractivity contribution >= 4 is 28.9 Å². The predicted molar refractivity (Wildman–Crippen MR) is 132 cm³/mol. The van der Waals surface area contributed by atoms with E-state index < -0.39 is 0 Å². The number of nitrogens with zero attached hydrogens (tertiary/aromatic N) is 3. The third-order valence-electron chi connectivity index (χ3n) is 6.52. The maximum absolute atomic E-state index is 13.3. The molecule has 1 aromatic heterocycles. The molecule has 2 aliphatic rings. The van der Waals surface area contributed by atoms with E-state index in [9.17, 15) is 9.59 Å². The number of anilines is 2. The van der Waals surface area contributed by atoms with Crippen LogP contribution < -0.4 is 10.2 Å². The summed E-state index contributed by atoms with van der Waals surface area (Å²) in [6.45, 7) is 4.84. The molecule has 2 aliphatic heterocycles. The van der Waals surface area contributed by atoms with Gasteiger partial charge < -0.3 is 14.6 Å². The summed E-state index contributed by atoms with van der Waals surface area (Å²) in [6.07, 6.45) is 3.67. The van der Waals surface area contributed by atoms with Gasteiger partial charge in [0.1, 0.15) is 11.8 Å². The summed E-state index contributed by atoms with van der Waals surface area (Å²) >= 11 is 0. The fourth-order valence-corrected chi connectivity index (χ4v) is 4.63. The second-order valence-electron chi connectivity index (χ2n) is 8.84. The summed E-state index contributed by atoms with van der Waals surface area (Å²) in [4.78, 5) is 27.4. The van der Waals surface area contributed by atoms with Gasteiger partial charge in [-0.1, -0.05) is 35.9 Å². The van der Waals surface area contributed by atoms with Crippen molar-refractivity contribution in [2.75, 3.05) is 23.3 Å². The molecule has 2 amide bonds. The SMILES string of the molecule is Cc1ccc(C2=NN(C(=O)CNc3cccc(N4CCCC4=O)c3C)C(c3ccco3)C2)cc1. The van der Waals surface area contributed by atoms with Gasteiger partial charge >= 0.3 is 0 Å². The topological polar surface area (TPSA) is 78.2 Å². The van der Waals surface area contributed by atoms with Crippen LogP contribution in [0.5, 0.6) is 0 Å². The molecule has 1 fully saturated rings. The largest absolute Gasteiger partial charge is 0.467 e. The number of carbonyl (C=O) groups is 2. The Balaban J connectivity index is 1.35. The number of nitrogens with one attached hydrogen (secondary N) is 1. The molecular weight excluding hydrogens is 428 g/mol. The average molecular weight is 457 g/mol. The Labute approximate surface area is 199 Å². The first kappa shape index (κ1) is 21.9.